The lowest BCUT2D eigenvalue weighted by Crippen LogP contribution is -2.12. The molecule has 18 heteroatoms. The maximum atomic E-state index is 14.0. The fourth-order valence-electron chi connectivity index (χ4n) is 6.36. The lowest BCUT2D eigenvalue weighted by Gasteiger charge is -2.16. The van der Waals surface area contributed by atoms with Gasteiger partial charge in [-0.1, -0.05) is 36.4 Å². The Morgan fingerprint density at radius 2 is 0.796 bits per heavy atom. The summed E-state index contributed by atoms with van der Waals surface area (Å²) >= 11 is 0. The first-order chi connectivity index (χ1) is 25.2. The van der Waals surface area contributed by atoms with Gasteiger partial charge in [-0.3, -0.25) is 0 Å². The van der Waals surface area contributed by atoms with Gasteiger partial charge in [-0.25, -0.2) is 9.97 Å². The average molecular weight is 757 g/mol. The summed E-state index contributed by atoms with van der Waals surface area (Å²) in [5.74, 6) is 0. The topological polar surface area (TPSA) is 98.1 Å². The molecule has 0 N–H and O–H groups in total. The van der Waals surface area contributed by atoms with Crippen LogP contribution in [-0.4, -0.2) is 9.97 Å². The first-order valence-electron chi connectivity index (χ1n) is 15.0. The van der Waals surface area contributed by atoms with Gasteiger partial charge in [0.25, 0.3) is 0 Å². The van der Waals surface area contributed by atoms with Gasteiger partial charge in [0.05, 0.1) is 33.3 Å². The van der Waals surface area contributed by atoms with Gasteiger partial charge in [0, 0.05) is 21.5 Å². The first kappa shape index (κ1) is 35.8. The molecule has 0 saturated carbocycles. The van der Waals surface area contributed by atoms with E-state index in [-0.39, 0.29) is 77.6 Å². The number of alkyl halides is 12. The Hall–Kier alpha value is -6.56. The molecule has 0 radical (unpaired) electrons. The Bertz CT molecular complexity index is 2710. The standard InChI is InChI=1S/C36H12F12N6/c37-33(38,39)17-3-7-19(25(11-17)35(43,44)45)15-1-5-21-23(9-15)27(51-13-49)31-29(21)53-32-28(52-14-50)24-10-16(2-6-22(24)30(32)54-31)20-8-4-18(34(40,41)42)12-26(20)36(46,47)48/h1-12H/b51-27+,52-28+. The summed E-state index contributed by atoms with van der Waals surface area (Å²) in [5.41, 5.74) is -7.91. The van der Waals surface area contributed by atoms with E-state index in [9.17, 15) is 63.2 Å². The van der Waals surface area contributed by atoms with Crippen molar-refractivity contribution in [3.05, 3.63) is 106 Å². The number of nitriles is 2. The van der Waals surface area contributed by atoms with E-state index >= 15 is 0 Å². The van der Waals surface area contributed by atoms with Crippen LogP contribution in [-0.2, 0) is 24.7 Å². The number of rotatable bonds is 2. The summed E-state index contributed by atoms with van der Waals surface area (Å²) in [7, 11) is 0. The van der Waals surface area contributed by atoms with Crippen LogP contribution in [0.15, 0.2) is 82.8 Å². The highest BCUT2D eigenvalue weighted by atomic mass is 19.4. The second-order valence-corrected chi connectivity index (χ2v) is 11.8. The van der Waals surface area contributed by atoms with Crippen LogP contribution >= 0.6 is 0 Å². The van der Waals surface area contributed by atoms with Crippen LogP contribution in [0.4, 0.5) is 52.7 Å². The van der Waals surface area contributed by atoms with Crippen LogP contribution in [0.1, 0.15) is 22.3 Å². The van der Waals surface area contributed by atoms with Gasteiger partial charge >= 0.3 is 24.7 Å². The maximum absolute atomic E-state index is 14.0. The Labute approximate surface area is 291 Å². The van der Waals surface area contributed by atoms with Crippen molar-refractivity contribution in [2.75, 3.05) is 0 Å². The van der Waals surface area contributed by atoms with Gasteiger partial charge in [0.15, 0.2) is 0 Å². The molecule has 7 aromatic rings. The SMILES string of the molecule is N#C/N=c1\c2cc(-c3ccc(C(F)(F)F)cc3C(F)(F)F)ccc2c2nc3/c(=N/C#N)c4cc(-c5ccc(C(F)(F)F)cc5C(F)(F)F)ccc4c3nc12. The molecule has 6 aromatic carbocycles. The van der Waals surface area contributed by atoms with E-state index in [4.69, 9.17) is 0 Å². The molecule has 0 aliphatic rings. The predicted octanol–water partition coefficient (Wildman–Crippen LogP) is 10.1. The van der Waals surface area contributed by atoms with Crippen LogP contribution in [0, 0.1) is 22.9 Å². The molecule has 270 valence electrons. The van der Waals surface area contributed by atoms with Gasteiger partial charge in [-0.15, -0.1) is 0 Å². The van der Waals surface area contributed by atoms with Crippen molar-refractivity contribution in [3.63, 3.8) is 0 Å². The zero-order valence-electron chi connectivity index (χ0n) is 26.1. The van der Waals surface area contributed by atoms with Crippen molar-refractivity contribution < 1.29 is 52.7 Å². The van der Waals surface area contributed by atoms with E-state index in [1.165, 1.54) is 36.4 Å². The molecule has 54 heavy (non-hydrogen) atoms. The van der Waals surface area contributed by atoms with Gasteiger partial charge in [0.2, 0.25) is 12.4 Å². The van der Waals surface area contributed by atoms with Crippen LogP contribution in [0.2, 0.25) is 0 Å². The maximum Gasteiger partial charge on any atom is 0.417 e. The lowest BCUT2D eigenvalue weighted by atomic mass is 9.95. The number of halogens is 12. The summed E-state index contributed by atoms with van der Waals surface area (Å²) < 4.78 is 164. The molecule has 0 aliphatic heterocycles. The fraction of sp³-hybridized carbons (Fsp3) is 0.111. The number of hydrogen-bond donors (Lipinski definition) is 0. The van der Waals surface area contributed by atoms with Gasteiger partial charge < -0.3 is 0 Å². The normalized spacial score (nSPS) is 13.7. The largest absolute Gasteiger partial charge is 0.417 e. The molecule has 1 aromatic heterocycles. The van der Waals surface area contributed by atoms with Crippen molar-refractivity contribution in [3.8, 4) is 34.6 Å². The van der Waals surface area contributed by atoms with E-state index in [0.717, 1.165) is 0 Å². The highest BCUT2D eigenvalue weighted by Gasteiger charge is 2.40. The van der Waals surface area contributed by atoms with Gasteiger partial charge in [-0.05, 0) is 58.7 Å². The zero-order chi connectivity index (χ0) is 39.1. The molecule has 0 atom stereocenters. The third kappa shape index (κ3) is 5.89. The number of benzene rings is 4. The first-order valence-corrected chi connectivity index (χ1v) is 15.0. The van der Waals surface area contributed by atoms with E-state index in [2.05, 4.69) is 20.0 Å². The van der Waals surface area contributed by atoms with E-state index in [1.54, 1.807) is 12.4 Å². The van der Waals surface area contributed by atoms with Crippen molar-refractivity contribution in [2.24, 2.45) is 9.98 Å². The molecule has 0 aliphatic carbocycles. The Morgan fingerprint density at radius 1 is 0.426 bits per heavy atom. The zero-order valence-corrected chi connectivity index (χ0v) is 26.1. The number of fused-ring (bicyclic) bond motifs is 6. The van der Waals surface area contributed by atoms with Crippen molar-refractivity contribution in [1.82, 2.24) is 9.97 Å². The second-order valence-electron chi connectivity index (χ2n) is 11.8. The van der Waals surface area contributed by atoms with Gasteiger partial charge in [0.1, 0.15) is 21.7 Å². The predicted molar refractivity (Wildman–Crippen MR) is 168 cm³/mol. The molecular weight excluding hydrogens is 744 g/mol. The summed E-state index contributed by atoms with van der Waals surface area (Å²) in [6.07, 6.45) is -17.4. The van der Waals surface area contributed by atoms with E-state index < -0.39 is 58.1 Å². The van der Waals surface area contributed by atoms with Crippen LogP contribution in [0.3, 0.4) is 0 Å². The summed E-state index contributed by atoms with van der Waals surface area (Å²) in [5, 5.41) is 19.1. The third-order valence-electron chi connectivity index (χ3n) is 8.65. The highest BCUT2D eigenvalue weighted by molar-refractivity contribution is 6.15. The minimum absolute atomic E-state index is 0.00790. The monoisotopic (exact) mass is 756 g/mol. The lowest BCUT2D eigenvalue weighted by molar-refractivity contribution is -0.144. The van der Waals surface area contributed by atoms with E-state index in [1.807, 2.05) is 0 Å². The Kier molecular flexibility index (Phi) is 7.95. The minimum atomic E-state index is -5.20. The quantitative estimate of drug-likeness (QED) is 0.130. The molecule has 0 fully saturated rings. The van der Waals surface area contributed by atoms with E-state index in [0.29, 0.717) is 24.3 Å². The smallest absolute Gasteiger partial charge is 0.241 e. The molecule has 0 amide bonds. The summed E-state index contributed by atoms with van der Waals surface area (Å²) in [6.45, 7) is 0. The number of aromatic nitrogens is 2. The van der Waals surface area contributed by atoms with Gasteiger partial charge in [-0.2, -0.15) is 73.2 Å². The van der Waals surface area contributed by atoms with Crippen LogP contribution < -0.4 is 10.7 Å². The number of hydrogen-bond acceptors (Lipinski definition) is 6. The molecule has 0 unspecified atom stereocenters. The fourth-order valence-corrected chi connectivity index (χ4v) is 6.36. The molecular formula is C36H12F12N6. The van der Waals surface area contributed by atoms with Crippen LogP contribution in [0.25, 0.3) is 65.9 Å². The second kappa shape index (κ2) is 12.0. The summed E-state index contributed by atoms with van der Waals surface area (Å²) in [6, 6.07) is 9.55. The molecule has 0 saturated heterocycles. The third-order valence-corrected chi connectivity index (χ3v) is 8.65. The Morgan fingerprint density at radius 3 is 1.11 bits per heavy atom. The Balaban J connectivity index is 1.48. The number of nitrogens with zero attached hydrogens (tertiary/aromatic N) is 6. The summed E-state index contributed by atoms with van der Waals surface area (Å²) in [4.78, 5) is 16.7. The van der Waals surface area contributed by atoms with Crippen molar-refractivity contribution in [1.29, 1.82) is 10.5 Å². The highest BCUT2D eigenvalue weighted by Crippen LogP contribution is 2.43. The van der Waals surface area contributed by atoms with Crippen molar-refractivity contribution >= 4 is 43.6 Å². The molecule has 6 nitrogen and oxygen atoms in total. The molecule has 7 rings (SSSR count). The molecule has 1 heterocycles. The molecule has 0 spiro atoms. The minimum Gasteiger partial charge on any atom is -0.241 e. The van der Waals surface area contributed by atoms with Crippen molar-refractivity contribution in [2.45, 2.75) is 24.7 Å². The molecule has 0 bridgehead atoms. The van der Waals surface area contributed by atoms with Crippen LogP contribution in [0.5, 0.6) is 0 Å². The average Bonchev–Trinajstić information content (AvgIpc) is 3.56.